The number of cyclic esters (lactones) is 1. The largest absolute Gasteiger partial charge is 0.422 e. The lowest BCUT2D eigenvalue weighted by Crippen LogP contribution is -2.29. The Morgan fingerprint density at radius 2 is 1.87 bits per heavy atom. The van der Waals surface area contributed by atoms with Crippen LogP contribution in [0.4, 0.5) is 4.79 Å². The van der Waals surface area contributed by atoms with Gasteiger partial charge in [0.1, 0.15) is 5.65 Å². The number of imidazole rings is 1. The first-order valence-corrected chi connectivity index (χ1v) is 11.0. The molecule has 1 fully saturated rings. The molecule has 3 aromatic rings. The molecule has 0 N–H and O–H groups in total. The van der Waals surface area contributed by atoms with Gasteiger partial charge in [-0.25, -0.2) is 14.7 Å². The first kappa shape index (κ1) is 22.9. The third-order valence-electron chi connectivity index (χ3n) is 4.90. The van der Waals surface area contributed by atoms with Crippen LogP contribution in [0.5, 0.6) is 0 Å². The van der Waals surface area contributed by atoms with Crippen molar-refractivity contribution in [3.63, 3.8) is 0 Å². The minimum Gasteiger partial charge on any atom is -0.404 e. The molecule has 31 heavy (non-hydrogen) atoms. The smallest absolute Gasteiger partial charge is 0.404 e. The maximum Gasteiger partial charge on any atom is 0.422 e. The fourth-order valence-corrected chi connectivity index (χ4v) is 4.36. The van der Waals surface area contributed by atoms with Crippen molar-refractivity contribution in [3.8, 4) is 0 Å². The van der Waals surface area contributed by atoms with Crippen LogP contribution in [0.1, 0.15) is 24.8 Å². The number of halogens is 1. The van der Waals surface area contributed by atoms with Crippen LogP contribution in [0.15, 0.2) is 77.8 Å². The summed E-state index contributed by atoms with van der Waals surface area (Å²) in [7, 11) is 0. The van der Waals surface area contributed by atoms with Gasteiger partial charge in [0.05, 0.1) is 5.03 Å². The zero-order chi connectivity index (χ0) is 20.8. The van der Waals surface area contributed by atoms with E-state index in [1.165, 1.54) is 10.5 Å². The van der Waals surface area contributed by atoms with Crippen molar-refractivity contribution >= 4 is 41.8 Å². The predicted molar refractivity (Wildman–Crippen MR) is 123 cm³/mol. The normalized spacial score (nSPS) is 14.8. The lowest BCUT2D eigenvalue weighted by molar-refractivity contribution is -0.123. The molecule has 4 rings (SSSR count). The number of aryl methyl sites for hydroxylation is 1. The van der Waals surface area contributed by atoms with E-state index >= 15 is 0 Å². The number of rotatable bonds is 9. The Hall–Kier alpha value is -2.77. The molecule has 8 heteroatoms. The summed E-state index contributed by atoms with van der Waals surface area (Å²) in [5.41, 5.74) is 2.11. The lowest BCUT2D eigenvalue weighted by atomic mass is 10.1. The molecule has 0 radical (unpaired) electrons. The molecule has 0 bridgehead atoms. The van der Waals surface area contributed by atoms with Gasteiger partial charge in [-0.15, -0.1) is 24.2 Å². The number of unbranched alkanes of at least 4 members (excludes halogenated alkanes) is 1. The molecule has 162 valence electrons. The van der Waals surface area contributed by atoms with Crippen LogP contribution < -0.4 is 0 Å². The van der Waals surface area contributed by atoms with Gasteiger partial charge in [-0.3, -0.25) is 9.20 Å². The highest BCUT2D eigenvalue weighted by molar-refractivity contribution is 7.99. The Morgan fingerprint density at radius 1 is 1.03 bits per heavy atom. The van der Waals surface area contributed by atoms with E-state index in [2.05, 4.69) is 15.5 Å². The predicted octanol–water partition coefficient (Wildman–Crippen LogP) is 5.12. The third-order valence-corrected chi connectivity index (χ3v) is 6.02. The minimum absolute atomic E-state index is 0. The number of hydrogen-bond acceptors (Lipinski definition) is 5. The van der Waals surface area contributed by atoms with E-state index in [4.69, 9.17) is 4.74 Å². The monoisotopic (exact) mass is 457 g/mol. The van der Waals surface area contributed by atoms with Crippen LogP contribution in [-0.4, -0.2) is 38.6 Å². The van der Waals surface area contributed by atoms with Gasteiger partial charge in [0.15, 0.2) is 5.76 Å². The molecule has 0 atom stereocenters. The highest BCUT2D eigenvalue weighted by Gasteiger charge is 2.35. The molecule has 1 aliphatic heterocycles. The fourth-order valence-electron chi connectivity index (χ4n) is 3.33. The summed E-state index contributed by atoms with van der Waals surface area (Å²) in [6.07, 6.45) is 7.97. The Labute approximate surface area is 191 Å². The number of aromatic nitrogens is 2. The highest BCUT2D eigenvalue weighted by Crippen LogP contribution is 2.22. The summed E-state index contributed by atoms with van der Waals surface area (Å²) >= 11 is 1.74. The Morgan fingerprint density at radius 3 is 2.71 bits per heavy atom. The summed E-state index contributed by atoms with van der Waals surface area (Å²) in [6.45, 7) is 0.378. The molecular formula is C23H24ClN3O3S. The van der Waals surface area contributed by atoms with Crippen LogP contribution in [-0.2, 0) is 16.0 Å². The summed E-state index contributed by atoms with van der Waals surface area (Å²) in [4.78, 5) is 30.0. The SMILES string of the molecule is Cl.O=C1OC(=CCCc2ccccc2)C(=O)N1CCCCSc1cccc2nccn12. The van der Waals surface area contributed by atoms with Gasteiger partial charge in [-0.1, -0.05) is 36.4 Å². The standard InChI is InChI=1S/C23H23N3O3S.ClH/c27-22-19(11-6-10-18-8-2-1-3-9-18)29-23(28)26(22)15-4-5-17-30-21-13-7-12-20-24-14-16-25(20)21;/h1-3,7-9,11-14,16H,4-6,10,15,17H2;1H. The number of pyridine rings is 1. The number of carbonyl (C=O) groups excluding carboxylic acids is 2. The van der Waals surface area contributed by atoms with Crippen LogP contribution in [0, 0.1) is 0 Å². The molecule has 0 unspecified atom stereocenters. The average molecular weight is 458 g/mol. The summed E-state index contributed by atoms with van der Waals surface area (Å²) in [5.74, 6) is 0.717. The molecule has 6 nitrogen and oxygen atoms in total. The number of hydrogen-bond donors (Lipinski definition) is 0. The molecule has 2 aromatic heterocycles. The number of ether oxygens (including phenoxy) is 1. The Balaban J connectivity index is 0.00000272. The maximum absolute atomic E-state index is 12.5. The van der Waals surface area contributed by atoms with Crippen molar-refractivity contribution in [2.24, 2.45) is 0 Å². The summed E-state index contributed by atoms with van der Waals surface area (Å²) in [6, 6.07) is 16.1. The van der Waals surface area contributed by atoms with Crippen molar-refractivity contribution in [1.82, 2.24) is 14.3 Å². The number of benzene rings is 1. The van der Waals surface area contributed by atoms with E-state index in [0.717, 1.165) is 35.7 Å². The van der Waals surface area contributed by atoms with E-state index in [1.807, 2.05) is 48.7 Å². The van der Waals surface area contributed by atoms with Crippen molar-refractivity contribution in [3.05, 3.63) is 78.3 Å². The first-order valence-electron chi connectivity index (χ1n) is 10.0. The van der Waals surface area contributed by atoms with E-state index in [-0.39, 0.29) is 24.1 Å². The van der Waals surface area contributed by atoms with E-state index < -0.39 is 6.09 Å². The number of amides is 2. The number of nitrogens with zero attached hydrogens (tertiary/aromatic N) is 3. The molecule has 0 spiro atoms. The average Bonchev–Trinajstić information content (AvgIpc) is 3.34. The second-order valence-corrected chi connectivity index (χ2v) is 8.11. The van der Waals surface area contributed by atoms with Crippen molar-refractivity contribution < 1.29 is 14.3 Å². The molecule has 0 aliphatic carbocycles. The van der Waals surface area contributed by atoms with E-state index in [0.29, 0.717) is 13.0 Å². The lowest BCUT2D eigenvalue weighted by Gasteiger charge is -2.10. The Bertz CT molecular complexity index is 1070. The van der Waals surface area contributed by atoms with Gasteiger partial charge in [-0.2, -0.15) is 0 Å². The van der Waals surface area contributed by atoms with Gasteiger partial charge >= 0.3 is 6.09 Å². The van der Waals surface area contributed by atoms with Gasteiger partial charge in [0, 0.05) is 18.9 Å². The zero-order valence-corrected chi connectivity index (χ0v) is 18.6. The molecule has 1 saturated heterocycles. The number of imide groups is 1. The highest BCUT2D eigenvalue weighted by atomic mass is 35.5. The molecule has 3 heterocycles. The molecule has 2 amide bonds. The Kier molecular flexibility index (Phi) is 8.14. The van der Waals surface area contributed by atoms with Crippen LogP contribution in [0.2, 0.25) is 0 Å². The fraction of sp³-hybridized carbons (Fsp3) is 0.261. The molecule has 1 aromatic carbocycles. The van der Waals surface area contributed by atoms with Crippen molar-refractivity contribution in [2.75, 3.05) is 12.3 Å². The zero-order valence-electron chi connectivity index (χ0n) is 17.0. The first-order chi connectivity index (χ1) is 14.7. The van der Waals surface area contributed by atoms with E-state index in [9.17, 15) is 9.59 Å². The van der Waals surface area contributed by atoms with Gasteiger partial charge < -0.3 is 4.74 Å². The van der Waals surface area contributed by atoms with Gasteiger partial charge in [-0.05, 0) is 55.2 Å². The second kappa shape index (κ2) is 11.0. The van der Waals surface area contributed by atoms with Crippen LogP contribution in [0.25, 0.3) is 5.65 Å². The van der Waals surface area contributed by atoms with Crippen LogP contribution >= 0.6 is 24.2 Å². The van der Waals surface area contributed by atoms with Crippen molar-refractivity contribution in [1.29, 1.82) is 0 Å². The number of thioether (sulfide) groups is 1. The molecule has 0 saturated carbocycles. The number of carbonyl (C=O) groups is 2. The molecular weight excluding hydrogens is 434 g/mol. The molecule has 1 aliphatic rings. The van der Waals surface area contributed by atoms with Crippen LogP contribution in [0.3, 0.4) is 0 Å². The minimum atomic E-state index is -0.568. The topological polar surface area (TPSA) is 63.9 Å². The van der Waals surface area contributed by atoms with Gasteiger partial charge in [0.2, 0.25) is 0 Å². The quantitative estimate of drug-likeness (QED) is 0.253. The van der Waals surface area contributed by atoms with Crippen molar-refractivity contribution in [2.45, 2.75) is 30.7 Å². The number of fused-ring (bicyclic) bond motifs is 1. The number of allylic oxidation sites excluding steroid dienone is 1. The maximum atomic E-state index is 12.5. The second-order valence-electron chi connectivity index (χ2n) is 6.99. The third kappa shape index (κ3) is 5.68. The summed E-state index contributed by atoms with van der Waals surface area (Å²) in [5, 5.41) is 1.13. The van der Waals surface area contributed by atoms with Gasteiger partial charge in [0.25, 0.3) is 5.91 Å². The van der Waals surface area contributed by atoms with E-state index in [1.54, 1.807) is 24.0 Å². The summed E-state index contributed by atoms with van der Waals surface area (Å²) < 4.78 is 7.23.